The van der Waals surface area contributed by atoms with Crippen LogP contribution in [0.2, 0.25) is 0 Å². The third-order valence-electron chi connectivity index (χ3n) is 6.61. The highest BCUT2D eigenvalue weighted by Crippen LogP contribution is 2.26. The fourth-order valence-electron chi connectivity index (χ4n) is 4.41. The Kier molecular flexibility index (Phi) is 7.57. The maximum atomic E-state index is 13.0. The second-order valence-electron chi connectivity index (χ2n) is 11.4. The number of carbonyl (C=O) groups excluding carboxylic acids is 2. The summed E-state index contributed by atoms with van der Waals surface area (Å²) < 4.78 is 17.9. The average Bonchev–Trinajstić information content (AvgIpc) is 3.15. The molecular weight excluding hydrogens is 500 g/mol. The van der Waals surface area contributed by atoms with Crippen molar-refractivity contribution in [3.05, 3.63) is 58.6 Å². The lowest BCUT2D eigenvalue weighted by Gasteiger charge is -2.44. The second-order valence-corrected chi connectivity index (χ2v) is 11.4. The Balaban J connectivity index is 1.40. The van der Waals surface area contributed by atoms with Gasteiger partial charge in [-0.3, -0.25) is 14.3 Å². The topological polar surface area (TPSA) is 127 Å². The van der Waals surface area contributed by atoms with Crippen LogP contribution in [0, 0.1) is 11.3 Å². The molecule has 1 aliphatic heterocycles. The summed E-state index contributed by atoms with van der Waals surface area (Å²) in [6.07, 6.45) is -1.14. The SMILES string of the molecule is Cn1c(=O)oc2ccc(-c3ccc(C[C@@H](C#N)NC(=O)C4CN(C(=O)OC(C)(C)C)C(C)(C)CO4)cc3)cc21. The molecule has 10 nitrogen and oxygen atoms in total. The standard InChI is InChI=1S/C29H34N4O6/c1-28(2,3)39-27(36)33-16-24(37-17-29(33,4)5)25(34)31-21(15-30)13-18-7-9-19(10-8-18)20-11-12-23-22(14-20)32(6)26(35)38-23/h7-12,14,21,24H,13,16-17H2,1-6H3,(H,31,34)/t21-,24?/m0/s1. The highest BCUT2D eigenvalue weighted by atomic mass is 16.6. The number of amides is 2. The molecule has 2 atom stereocenters. The molecule has 2 aromatic carbocycles. The number of oxazole rings is 1. The van der Waals surface area contributed by atoms with E-state index in [1.807, 2.05) is 50.2 Å². The van der Waals surface area contributed by atoms with Crippen molar-refractivity contribution in [3.8, 4) is 17.2 Å². The fourth-order valence-corrected chi connectivity index (χ4v) is 4.41. The van der Waals surface area contributed by atoms with Crippen LogP contribution in [0.3, 0.4) is 0 Å². The number of ether oxygens (including phenoxy) is 2. The van der Waals surface area contributed by atoms with Gasteiger partial charge in [-0.15, -0.1) is 0 Å². The minimum atomic E-state index is -0.919. The Morgan fingerprint density at radius 3 is 2.49 bits per heavy atom. The monoisotopic (exact) mass is 534 g/mol. The molecule has 0 spiro atoms. The van der Waals surface area contributed by atoms with Gasteiger partial charge in [0.2, 0.25) is 0 Å². The lowest BCUT2D eigenvalue weighted by Crippen LogP contribution is -2.62. The zero-order chi connectivity index (χ0) is 28.5. The van der Waals surface area contributed by atoms with E-state index in [9.17, 15) is 19.6 Å². The second kappa shape index (κ2) is 10.6. The Labute approximate surface area is 227 Å². The number of nitrogens with one attached hydrogen (secondary N) is 1. The van der Waals surface area contributed by atoms with Crippen LogP contribution in [-0.2, 0) is 27.7 Å². The van der Waals surface area contributed by atoms with Crippen molar-refractivity contribution >= 4 is 23.1 Å². The molecule has 206 valence electrons. The average molecular weight is 535 g/mol. The van der Waals surface area contributed by atoms with E-state index in [2.05, 4.69) is 11.4 Å². The fraction of sp³-hybridized carbons (Fsp3) is 0.448. The highest BCUT2D eigenvalue weighted by molar-refractivity contribution is 5.83. The first kappa shape index (κ1) is 27.9. The van der Waals surface area contributed by atoms with Gasteiger partial charge in [-0.1, -0.05) is 30.3 Å². The summed E-state index contributed by atoms with van der Waals surface area (Å²) in [7, 11) is 1.66. The maximum absolute atomic E-state index is 13.0. The maximum Gasteiger partial charge on any atom is 0.419 e. The molecule has 0 aliphatic carbocycles. The van der Waals surface area contributed by atoms with Crippen LogP contribution in [0.4, 0.5) is 4.79 Å². The number of morpholine rings is 1. The highest BCUT2D eigenvalue weighted by Gasteiger charge is 2.42. The molecule has 1 aliphatic rings. The zero-order valence-electron chi connectivity index (χ0n) is 23.1. The summed E-state index contributed by atoms with van der Waals surface area (Å²) in [5.74, 6) is -0.872. The molecule has 2 amide bonds. The normalized spacial score (nSPS) is 17.9. The van der Waals surface area contributed by atoms with E-state index >= 15 is 0 Å². The number of nitriles is 1. The summed E-state index contributed by atoms with van der Waals surface area (Å²) >= 11 is 0. The third kappa shape index (κ3) is 6.32. The molecule has 1 unspecified atom stereocenters. The quantitative estimate of drug-likeness (QED) is 0.528. The molecule has 0 saturated carbocycles. The minimum Gasteiger partial charge on any atom is -0.444 e. The summed E-state index contributed by atoms with van der Waals surface area (Å²) in [4.78, 5) is 39.1. The summed E-state index contributed by atoms with van der Waals surface area (Å²) in [6, 6.07) is 14.5. The lowest BCUT2D eigenvalue weighted by atomic mass is 10.00. The zero-order valence-corrected chi connectivity index (χ0v) is 23.1. The molecule has 10 heteroatoms. The molecule has 0 radical (unpaired) electrons. The molecule has 1 N–H and O–H groups in total. The Morgan fingerprint density at radius 2 is 1.85 bits per heavy atom. The summed E-state index contributed by atoms with van der Waals surface area (Å²) in [5.41, 5.74) is 2.63. The van der Waals surface area contributed by atoms with Crippen LogP contribution < -0.4 is 11.1 Å². The lowest BCUT2D eigenvalue weighted by molar-refractivity contribution is -0.147. The van der Waals surface area contributed by atoms with E-state index in [4.69, 9.17) is 13.9 Å². The Bertz CT molecular complexity index is 1470. The predicted molar refractivity (Wildman–Crippen MR) is 145 cm³/mol. The van der Waals surface area contributed by atoms with Gasteiger partial charge in [-0.05, 0) is 63.4 Å². The number of nitrogens with zero attached hydrogens (tertiary/aromatic N) is 3. The predicted octanol–water partition coefficient (Wildman–Crippen LogP) is 3.76. The van der Waals surface area contributed by atoms with Crippen molar-refractivity contribution in [1.29, 1.82) is 5.26 Å². The van der Waals surface area contributed by atoms with Crippen LogP contribution in [0.25, 0.3) is 22.2 Å². The van der Waals surface area contributed by atoms with Crippen molar-refractivity contribution in [2.24, 2.45) is 7.05 Å². The van der Waals surface area contributed by atoms with Crippen LogP contribution in [-0.4, -0.2) is 57.9 Å². The number of rotatable bonds is 5. The van der Waals surface area contributed by atoms with Gasteiger partial charge in [0.05, 0.1) is 30.3 Å². The molecule has 1 aromatic heterocycles. The van der Waals surface area contributed by atoms with E-state index < -0.39 is 41.0 Å². The molecule has 1 saturated heterocycles. The van der Waals surface area contributed by atoms with Crippen LogP contribution in [0.1, 0.15) is 40.2 Å². The number of aromatic nitrogens is 1. The van der Waals surface area contributed by atoms with Crippen LogP contribution >= 0.6 is 0 Å². The van der Waals surface area contributed by atoms with E-state index in [1.54, 1.807) is 33.9 Å². The molecule has 0 bridgehead atoms. The molecule has 39 heavy (non-hydrogen) atoms. The van der Waals surface area contributed by atoms with Gasteiger partial charge in [-0.25, -0.2) is 9.59 Å². The van der Waals surface area contributed by atoms with E-state index in [0.29, 0.717) is 17.5 Å². The van der Waals surface area contributed by atoms with Gasteiger partial charge in [0, 0.05) is 13.5 Å². The number of hydrogen-bond acceptors (Lipinski definition) is 7. The minimum absolute atomic E-state index is 0.0210. The smallest absolute Gasteiger partial charge is 0.419 e. The van der Waals surface area contributed by atoms with Gasteiger partial charge in [0.15, 0.2) is 11.7 Å². The van der Waals surface area contributed by atoms with Crippen molar-refractivity contribution in [3.63, 3.8) is 0 Å². The van der Waals surface area contributed by atoms with Gasteiger partial charge < -0.3 is 19.2 Å². The summed E-state index contributed by atoms with van der Waals surface area (Å²) in [5, 5.41) is 12.5. The summed E-state index contributed by atoms with van der Waals surface area (Å²) in [6.45, 7) is 9.23. The van der Waals surface area contributed by atoms with Crippen LogP contribution in [0.15, 0.2) is 51.7 Å². The first-order valence-corrected chi connectivity index (χ1v) is 12.8. The van der Waals surface area contributed by atoms with E-state index in [0.717, 1.165) is 16.7 Å². The van der Waals surface area contributed by atoms with Crippen molar-refractivity contribution in [2.45, 2.75) is 64.3 Å². The van der Waals surface area contributed by atoms with Crippen molar-refractivity contribution in [2.75, 3.05) is 13.2 Å². The van der Waals surface area contributed by atoms with Gasteiger partial charge in [-0.2, -0.15) is 5.26 Å². The third-order valence-corrected chi connectivity index (χ3v) is 6.61. The number of aryl methyl sites for hydroxylation is 1. The van der Waals surface area contributed by atoms with Gasteiger partial charge in [0.25, 0.3) is 5.91 Å². The number of benzene rings is 2. The van der Waals surface area contributed by atoms with Gasteiger partial charge in [0.1, 0.15) is 11.6 Å². The number of fused-ring (bicyclic) bond motifs is 1. The van der Waals surface area contributed by atoms with Gasteiger partial charge >= 0.3 is 11.8 Å². The first-order chi connectivity index (χ1) is 18.3. The molecule has 2 heterocycles. The molecular formula is C29H34N4O6. The van der Waals surface area contributed by atoms with Crippen molar-refractivity contribution < 1.29 is 23.5 Å². The van der Waals surface area contributed by atoms with E-state index in [-0.39, 0.29) is 13.2 Å². The molecule has 4 rings (SSSR count). The number of hydrogen-bond donors (Lipinski definition) is 1. The molecule has 3 aromatic rings. The Hall–Kier alpha value is -4.10. The largest absolute Gasteiger partial charge is 0.444 e. The van der Waals surface area contributed by atoms with Crippen LogP contribution in [0.5, 0.6) is 0 Å². The first-order valence-electron chi connectivity index (χ1n) is 12.8. The molecule has 1 fully saturated rings. The van der Waals surface area contributed by atoms with E-state index in [1.165, 1.54) is 9.47 Å². The number of carbonyl (C=O) groups is 2. The van der Waals surface area contributed by atoms with Crippen molar-refractivity contribution in [1.82, 2.24) is 14.8 Å². The Morgan fingerprint density at radius 1 is 1.18 bits per heavy atom.